The van der Waals surface area contributed by atoms with Gasteiger partial charge in [0.15, 0.2) is 5.78 Å². The minimum Gasteiger partial charge on any atom is -0.293 e. The van der Waals surface area contributed by atoms with E-state index in [9.17, 15) is 4.79 Å². The quantitative estimate of drug-likeness (QED) is 0.586. The molecule has 0 aliphatic carbocycles. The van der Waals surface area contributed by atoms with Crippen LogP contribution < -0.4 is 0 Å². The van der Waals surface area contributed by atoms with Gasteiger partial charge in [-0.1, -0.05) is 41.1 Å². The summed E-state index contributed by atoms with van der Waals surface area (Å²) < 4.78 is 0. The topological polar surface area (TPSA) is 17.1 Å². The number of hydrogen-bond acceptors (Lipinski definition) is 1. The van der Waals surface area contributed by atoms with Gasteiger partial charge < -0.3 is 0 Å². The second-order valence-electron chi connectivity index (χ2n) is 3.03. The van der Waals surface area contributed by atoms with Gasteiger partial charge >= 0.3 is 0 Å². The molecule has 1 aromatic rings. The second-order valence-corrected chi connectivity index (χ2v) is 4.41. The van der Waals surface area contributed by atoms with Crippen LogP contribution in [-0.4, -0.2) is 10.6 Å². The summed E-state index contributed by atoms with van der Waals surface area (Å²) >= 11 is 3.27. The first-order chi connectivity index (χ1) is 6.15. The summed E-state index contributed by atoms with van der Waals surface area (Å²) in [5.41, 5.74) is 2.00. The van der Waals surface area contributed by atoms with Crippen molar-refractivity contribution in [2.45, 2.75) is 25.1 Å². The number of hydrogen-bond donors (Lipinski definition) is 0. The van der Waals surface area contributed by atoms with E-state index in [0.717, 1.165) is 12.0 Å². The maximum Gasteiger partial charge on any atom is 0.176 e. The van der Waals surface area contributed by atoms with Crippen LogP contribution in [0.2, 0.25) is 0 Å². The predicted molar refractivity (Wildman–Crippen MR) is 58.5 cm³/mol. The van der Waals surface area contributed by atoms with Crippen molar-refractivity contribution < 1.29 is 4.79 Å². The largest absolute Gasteiger partial charge is 0.293 e. The molecule has 0 aromatic heterocycles. The van der Waals surface area contributed by atoms with Crippen LogP contribution in [-0.2, 0) is 6.42 Å². The highest BCUT2D eigenvalue weighted by molar-refractivity contribution is 9.10. The Balaban J connectivity index is 2.95. The molecule has 0 aliphatic heterocycles. The third-order valence-corrected chi connectivity index (χ3v) is 2.40. The first-order valence-electron chi connectivity index (χ1n) is 4.42. The molecule has 70 valence electrons. The smallest absolute Gasteiger partial charge is 0.176 e. The number of carbonyl (C=O) groups excluding carboxylic acids is 1. The molecule has 0 aliphatic rings. The first kappa shape index (κ1) is 10.5. The van der Waals surface area contributed by atoms with Crippen molar-refractivity contribution >= 4 is 21.7 Å². The third kappa shape index (κ3) is 2.66. The van der Waals surface area contributed by atoms with Gasteiger partial charge in [0, 0.05) is 5.56 Å². The average molecular weight is 241 g/mol. The Kier molecular flexibility index (Phi) is 3.67. The Labute approximate surface area is 87.3 Å². The lowest BCUT2D eigenvalue weighted by molar-refractivity contribution is 0.0996. The molecule has 0 heterocycles. The summed E-state index contributed by atoms with van der Waals surface area (Å²) in [5.74, 6) is 0.148. The van der Waals surface area contributed by atoms with Gasteiger partial charge in [0.1, 0.15) is 0 Å². The van der Waals surface area contributed by atoms with Gasteiger partial charge in [-0.25, -0.2) is 0 Å². The number of alkyl halides is 1. The van der Waals surface area contributed by atoms with E-state index in [1.165, 1.54) is 5.56 Å². The molecular formula is C11H13BrO. The normalized spacial score (nSPS) is 12.5. The molecule has 1 atom stereocenters. The lowest BCUT2D eigenvalue weighted by atomic mass is 10.0. The zero-order valence-electron chi connectivity index (χ0n) is 7.88. The predicted octanol–water partition coefficient (Wildman–Crippen LogP) is 3.22. The number of aryl methyl sites for hydroxylation is 1. The van der Waals surface area contributed by atoms with E-state index in [2.05, 4.69) is 22.9 Å². The monoisotopic (exact) mass is 240 g/mol. The molecule has 0 radical (unpaired) electrons. The van der Waals surface area contributed by atoms with Gasteiger partial charge in [-0.15, -0.1) is 0 Å². The number of Topliss-reactive ketones (excluding diaryl/α,β-unsaturated/α-hetero) is 1. The highest BCUT2D eigenvalue weighted by Gasteiger charge is 2.11. The number of rotatable bonds is 3. The Bertz CT molecular complexity index is 305. The van der Waals surface area contributed by atoms with E-state index in [1.54, 1.807) is 0 Å². The van der Waals surface area contributed by atoms with Crippen LogP contribution in [0.3, 0.4) is 0 Å². The highest BCUT2D eigenvalue weighted by Crippen LogP contribution is 2.12. The minimum atomic E-state index is -0.0976. The molecule has 13 heavy (non-hydrogen) atoms. The summed E-state index contributed by atoms with van der Waals surface area (Å²) in [4.78, 5) is 11.5. The number of ketones is 1. The molecule has 0 bridgehead atoms. The molecular weight excluding hydrogens is 228 g/mol. The van der Waals surface area contributed by atoms with Crippen molar-refractivity contribution in [1.29, 1.82) is 0 Å². The van der Waals surface area contributed by atoms with Crippen molar-refractivity contribution in [1.82, 2.24) is 0 Å². The standard InChI is InChI=1S/C11H13BrO/c1-3-9-5-4-6-10(7-9)11(13)8(2)12/h4-8H,3H2,1-2H3/t8-/m1/s1. The Morgan fingerprint density at radius 3 is 2.77 bits per heavy atom. The van der Waals surface area contributed by atoms with E-state index in [0.29, 0.717) is 0 Å². The fourth-order valence-corrected chi connectivity index (χ4v) is 1.44. The van der Waals surface area contributed by atoms with Crippen LogP contribution in [0.5, 0.6) is 0 Å². The summed E-state index contributed by atoms with van der Waals surface area (Å²) in [7, 11) is 0. The second kappa shape index (κ2) is 4.56. The number of benzene rings is 1. The molecule has 0 N–H and O–H groups in total. The Morgan fingerprint density at radius 2 is 2.23 bits per heavy atom. The van der Waals surface area contributed by atoms with E-state index in [-0.39, 0.29) is 10.6 Å². The molecule has 0 saturated carbocycles. The third-order valence-electron chi connectivity index (χ3n) is 1.98. The lowest BCUT2D eigenvalue weighted by Gasteiger charge is -2.04. The summed E-state index contributed by atoms with van der Waals surface area (Å²) in [6.07, 6.45) is 0.970. The van der Waals surface area contributed by atoms with Crippen LogP contribution >= 0.6 is 15.9 Å². The molecule has 2 heteroatoms. The van der Waals surface area contributed by atoms with E-state index in [1.807, 2.05) is 31.2 Å². The zero-order chi connectivity index (χ0) is 9.84. The van der Waals surface area contributed by atoms with Crippen molar-refractivity contribution in [2.24, 2.45) is 0 Å². The maximum atomic E-state index is 11.6. The summed E-state index contributed by atoms with van der Waals surface area (Å²) in [6.45, 7) is 3.93. The fourth-order valence-electron chi connectivity index (χ4n) is 1.17. The van der Waals surface area contributed by atoms with E-state index < -0.39 is 0 Å². The Hall–Kier alpha value is -0.630. The van der Waals surface area contributed by atoms with E-state index in [4.69, 9.17) is 0 Å². The maximum absolute atomic E-state index is 11.6. The molecule has 1 rings (SSSR count). The van der Waals surface area contributed by atoms with Crippen molar-refractivity contribution in [3.63, 3.8) is 0 Å². The molecule has 0 fully saturated rings. The zero-order valence-corrected chi connectivity index (χ0v) is 9.47. The highest BCUT2D eigenvalue weighted by atomic mass is 79.9. The average Bonchev–Trinajstić information content (AvgIpc) is 2.16. The molecule has 0 unspecified atom stereocenters. The van der Waals surface area contributed by atoms with Gasteiger partial charge in [0.25, 0.3) is 0 Å². The molecule has 1 aromatic carbocycles. The molecule has 0 amide bonds. The van der Waals surface area contributed by atoms with Crippen molar-refractivity contribution in [3.8, 4) is 0 Å². The van der Waals surface area contributed by atoms with Crippen molar-refractivity contribution in [2.75, 3.05) is 0 Å². The SMILES string of the molecule is CCc1cccc(C(=O)[C@@H](C)Br)c1. The van der Waals surface area contributed by atoms with E-state index >= 15 is 0 Å². The van der Waals surface area contributed by atoms with Crippen molar-refractivity contribution in [3.05, 3.63) is 35.4 Å². The van der Waals surface area contributed by atoms with Gasteiger partial charge in [0.05, 0.1) is 4.83 Å². The summed E-state index contributed by atoms with van der Waals surface area (Å²) in [6, 6.07) is 7.79. The Morgan fingerprint density at radius 1 is 1.54 bits per heavy atom. The van der Waals surface area contributed by atoms with Crippen LogP contribution in [0.15, 0.2) is 24.3 Å². The van der Waals surface area contributed by atoms with Gasteiger partial charge in [-0.2, -0.15) is 0 Å². The first-order valence-corrected chi connectivity index (χ1v) is 5.34. The molecule has 0 spiro atoms. The number of carbonyl (C=O) groups is 1. The minimum absolute atomic E-state index is 0.0976. The molecule has 0 saturated heterocycles. The lowest BCUT2D eigenvalue weighted by Crippen LogP contribution is -2.09. The van der Waals surface area contributed by atoms with Gasteiger partial charge in [-0.3, -0.25) is 4.79 Å². The summed E-state index contributed by atoms with van der Waals surface area (Å²) in [5, 5.41) is 0. The number of halogens is 1. The fraction of sp³-hybridized carbons (Fsp3) is 0.364. The van der Waals surface area contributed by atoms with Gasteiger partial charge in [0.2, 0.25) is 0 Å². The van der Waals surface area contributed by atoms with Crippen LogP contribution in [0.25, 0.3) is 0 Å². The van der Waals surface area contributed by atoms with Crippen LogP contribution in [0.4, 0.5) is 0 Å². The van der Waals surface area contributed by atoms with Crippen LogP contribution in [0, 0.1) is 0 Å². The molecule has 1 nitrogen and oxygen atoms in total. The van der Waals surface area contributed by atoms with Gasteiger partial charge in [-0.05, 0) is 25.0 Å². The van der Waals surface area contributed by atoms with Crippen LogP contribution in [0.1, 0.15) is 29.8 Å².